The van der Waals surface area contributed by atoms with Gasteiger partial charge in [0, 0.05) is 12.1 Å². The third-order valence-electron chi connectivity index (χ3n) is 2.54. The van der Waals surface area contributed by atoms with E-state index in [9.17, 15) is 13.2 Å². The van der Waals surface area contributed by atoms with Crippen molar-refractivity contribution >= 4 is 15.9 Å². The average molecular weight is 314 g/mol. The number of hydrogen-bond donors (Lipinski definition) is 2. The molecule has 0 atom stereocenters. The highest BCUT2D eigenvalue weighted by atomic mass is 32.2. The maximum absolute atomic E-state index is 12.2. The molecule has 0 aliphatic heterocycles. The fraction of sp³-hybridized carbons (Fsp3) is 0.500. The van der Waals surface area contributed by atoms with Gasteiger partial charge in [-0.3, -0.25) is 4.79 Å². The van der Waals surface area contributed by atoms with Gasteiger partial charge in [-0.1, -0.05) is 0 Å². The van der Waals surface area contributed by atoms with Crippen LogP contribution in [0, 0.1) is 0 Å². The highest BCUT2D eigenvalue weighted by Crippen LogP contribution is 2.22. The van der Waals surface area contributed by atoms with Crippen LogP contribution in [0.1, 0.15) is 38.1 Å². The van der Waals surface area contributed by atoms with Gasteiger partial charge >= 0.3 is 0 Å². The lowest BCUT2D eigenvalue weighted by molar-refractivity contribution is 0.0940. The van der Waals surface area contributed by atoms with Crippen LogP contribution in [0.25, 0.3) is 0 Å². The molecule has 118 valence electrons. The van der Waals surface area contributed by atoms with Gasteiger partial charge in [0.05, 0.1) is 17.6 Å². The summed E-state index contributed by atoms with van der Waals surface area (Å²) in [4.78, 5) is 12.2. The van der Waals surface area contributed by atoms with E-state index in [0.717, 1.165) is 0 Å². The Hall–Kier alpha value is -1.60. The minimum Gasteiger partial charge on any atom is -0.496 e. The first-order valence-electron chi connectivity index (χ1n) is 6.68. The molecule has 0 radical (unpaired) electrons. The molecule has 21 heavy (non-hydrogen) atoms. The van der Waals surface area contributed by atoms with E-state index in [0.29, 0.717) is 5.75 Å². The van der Waals surface area contributed by atoms with E-state index in [1.165, 1.54) is 25.3 Å². The Labute approximate surface area is 125 Å². The van der Waals surface area contributed by atoms with Crippen LogP contribution in [0.15, 0.2) is 23.1 Å². The van der Waals surface area contributed by atoms with Gasteiger partial charge in [-0.05, 0) is 45.9 Å². The molecule has 0 saturated heterocycles. The first-order valence-corrected chi connectivity index (χ1v) is 8.17. The second kappa shape index (κ2) is 6.91. The van der Waals surface area contributed by atoms with Gasteiger partial charge in [-0.15, -0.1) is 0 Å². The highest BCUT2D eigenvalue weighted by Gasteiger charge is 2.20. The standard InChI is InChI=1S/C14H22N2O4S/c1-9(2)15-14(17)12-8-11(6-7-13(12)20-5)21(18,19)16-10(3)4/h6-10,16H,1-5H3,(H,15,17). The van der Waals surface area contributed by atoms with Gasteiger partial charge in [0.1, 0.15) is 5.75 Å². The van der Waals surface area contributed by atoms with Gasteiger partial charge in [-0.25, -0.2) is 13.1 Å². The topological polar surface area (TPSA) is 84.5 Å². The summed E-state index contributed by atoms with van der Waals surface area (Å²) >= 11 is 0. The summed E-state index contributed by atoms with van der Waals surface area (Å²) in [5.74, 6) is -0.0416. The molecule has 0 aliphatic rings. The second-order valence-electron chi connectivity index (χ2n) is 5.27. The number of sulfonamides is 1. The van der Waals surface area contributed by atoms with Crippen molar-refractivity contribution in [2.75, 3.05) is 7.11 Å². The molecular weight excluding hydrogens is 292 g/mol. The van der Waals surface area contributed by atoms with Crippen molar-refractivity contribution in [2.45, 2.75) is 44.7 Å². The summed E-state index contributed by atoms with van der Waals surface area (Å²) in [6.45, 7) is 7.11. The number of methoxy groups -OCH3 is 1. The summed E-state index contributed by atoms with van der Waals surface area (Å²) in [6, 6.07) is 3.92. The van der Waals surface area contributed by atoms with E-state index >= 15 is 0 Å². The molecule has 0 spiro atoms. The summed E-state index contributed by atoms with van der Waals surface area (Å²) < 4.78 is 31.9. The van der Waals surface area contributed by atoms with Gasteiger partial charge < -0.3 is 10.1 Å². The number of benzene rings is 1. The first-order chi connectivity index (χ1) is 9.67. The molecule has 0 bridgehead atoms. The van der Waals surface area contributed by atoms with Crippen LogP contribution in [0.3, 0.4) is 0 Å². The lowest BCUT2D eigenvalue weighted by atomic mass is 10.2. The number of ether oxygens (including phenoxy) is 1. The number of rotatable bonds is 6. The van der Waals surface area contributed by atoms with Crippen molar-refractivity contribution in [3.63, 3.8) is 0 Å². The van der Waals surface area contributed by atoms with Crippen molar-refractivity contribution in [3.8, 4) is 5.75 Å². The molecule has 6 nitrogen and oxygen atoms in total. The third kappa shape index (κ3) is 4.71. The predicted octanol–water partition coefficient (Wildman–Crippen LogP) is 1.52. The normalized spacial score (nSPS) is 11.8. The monoisotopic (exact) mass is 314 g/mol. The molecule has 0 saturated carbocycles. The Balaban J connectivity index is 3.25. The van der Waals surface area contributed by atoms with Crippen LogP contribution in [0.5, 0.6) is 5.75 Å². The Bertz CT molecular complexity index is 609. The Morgan fingerprint density at radius 1 is 1.14 bits per heavy atom. The summed E-state index contributed by atoms with van der Waals surface area (Å²) in [5.41, 5.74) is 0.192. The van der Waals surface area contributed by atoms with E-state index in [2.05, 4.69) is 10.0 Å². The predicted molar refractivity (Wildman–Crippen MR) is 81.1 cm³/mol. The van der Waals surface area contributed by atoms with Crippen LogP contribution >= 0.6 is 0 Å². The fourth-order valence-corrected chi connectivity index (χ4v) is 3.03. The summed E-state index contributed by atoms with van der Waals surface area (Å²) in [6.07, 6.45) is 0. The van der Waals surface area contributed by atoms with Crippen molar-refractivity contribution in [3.05, 3.63) is 23.8 Å². The van der Waals surface area contributed by atoms with Crippen LogP contribution in [-0.2, 0) is 10.0 Å². The highest BCUT2D eigenvalue weighted by molar-refractivity contribution is 7.89. The van der Waals surface area contributed by atoms with Crippen LogP contribution in [0.4, 0.5) is 0 Å². The minimum atomic E-state index is -3.65. The van der Waals surface area contributed by atoms with Crippen molar-refractivity contribution in [1.29, 1.82) is 0 Å². The van der Waals surface area contributed by atoms with Gasteiger partial charge in [0.15, 0.2) is 0 Å². The summed E-state index contributed by atoms with van der Waals surface area (Å²) in [7, 11) is -2.22. The van der Waals surface area contributed by atoms with Crippen LogP contribution in [0.2, 0.25) is 0 Å². The molecular formula is C14H22N2O4S. The lowest BCUT2D eigenvalue weighted by Gasteiger charge is -2.14. The smallest absolute Gasteiger partial charge is 0.255 e. The molecule has 1 rings (SSSR count). The van der Waals surface area contributed by atoms with Crippen LogP contribution < -0.4 is 14.8 Å². The molecule has 2 N–H and O–H groups in total. The van der Waals surface area contributed by atoms with Crippen molar-refractivity contribution in [1.82, 2.24) is 10.0 Å². The van der Waals surface area contributed by atoms with Crippen molar-refractivity contribution < 1.29 is 17.9 Å². The average Bonchev–Trinajstić information content (AvgIpc) is 2.35. The van der Waals surface area contributed by atoms with E-state index in [1.807, 2.05) is 13.8 Å². The van der Waals surface area contributed by atoms with E-state index in [4.69, 9.17) is 4.74 Å². The van der Waals surface area contributed by atoms with Crippen LogP contribution in [-0.4, -0.2) is 33.5 Å². The van der Waals surface area contributed by atoms with Gasteiger partial charge in [0.25, 0.3) is 5.91 Å². The molecule has 1 aromatic carbocycles. The maximum Gasteiger partial charge on any atom is 0.255 e. The zero-order valence-corrected chi connectivity index (χ0v) is 13.7. The summed E-state index contributed by atoms with van der Waals surface area (Å²) in [5, 5.41) is 2.72. The Morgan fingerprint density at radius 3 is 2.24 bits per heavy atom. The molecule has 7 heteroatoms. The number of amides is 1. The zero-order chi connectivity index (χ0) is 16.2. The number of carbonyl (C=O) groups excluding carboxylic acids is 1. The van der Waals surface area contributed by atoms with E-state index in [1.54, 1.807) is 13.8 Å². The molecule has 0 aromatic heterocycles. The number of carbonyl (C=O) groups is 1. The van der Waals surface area contributed by atoms with Gasteiger partial charge in [-0.2, -0.15) is 0 Å². The molecule has 1 amide bonds. The third-order valence-corrected chi connectivity index (χ3v) is 4.19. The zero-order valence-electron chi connectivity index (χ0n) is 12.9. The van der Waals surface area contributed by atoms with E-state index < -0.39 is 10.0 Å². The van der Waals surface area contributed by atoms with Crippen molar-refractivity contribution in [2.24, 2.45) is 0 Å². The minimum absolute atomic E-state index is 0.0332. The maximum atomic E-state index is 12.2. The van der Waals surface area contributed by atoms with E-state index in [-0.39, 0.29) is 28.4 Å². The largest absolute Gasteiger partial charge is 0.496 e. The fourth-order valence-electron chi connectivity index (χ4n) is 1.75. The molecule has 0 unspecified atom stereocenters. The molecule has 0 aliphatic carbocycles. The molecule has 0 fully saturated rings. The quantitative estimate of drug-likeness (QED) is 0.834. The molecule has 0 heterocycles. The van der Waals surface area contributed by atoms with Gasteiger partial charge in [0.2, 0.25) is 10.0 Å². The molecule has 1 aromatic rings. The first kappa shape index (κ1) is 17.5. The SMILES string of the molecule is COc1ccc(S(=O)(=O)NC(C)C)cc1C(=O)NC(C)C. The Kier molecular flexibility index (Phi) is 5.74. The second-order valence-corrected chi connectivity index (χ2v) is 6.98. The Morgan fingerprint density at radius 2 is 1.76 bits per heavy atom. The lowest BCUT2D eigenvalue weighted by Crippen LogP contribution is -2.32. The number of nitrogens with one attached hydrogen (secondary N) is 2. The number of hydrogen-bond acceptors (Lipinski definition) is 4.